The van der Waals surface area contributed by atoms with Crippen molar-refractivity contribution in [3.8, 4) is 0 Å². The fraction of sp³-hybridized carbons (Fsp3) is 0.364. The molecule has 2 aromatic heterocycles. The van der Waals surface area contributed by atoms with E-state index in [0.29, 0.717) is 4.21 Å². The number of aromatic nitrogens is 1. The first-order valence-electron chi connectivity index (χ1n) is 5.50. The number of nitrogens with zero attached hydrogens (tertiary/aromatic N) is 1. The molecule has 2 aromatic rings. The SMILES string of the molecule is Cc1csc(C(C)NS(=O)(=O)c2cc(C)c(Br)s2)n1. The molecule has 104 valence electrons. The summed E-state index contributed by atoms with van der Waals surface area (Å²) in [7, 11) is -3.49. The highest BCUT2D eigenvalue weighted by molar-refractivity contribution is 9.11. The average Bonchev–Trinajstić information content (AvgIpc) is 2.86. The first kappa shape index (κ1) is 15.1. The van der Waals surface area contributed by atoms with Crippen molar-refractivity contribution < 1.29 is 8.42 Å². The number of thiophene rings is 1. The highest BCUT2D eigenvalue weighted by Crippen LogP contribution is 2.31. The quantitative estimate of drug-likeness (QED) is 0.880. The maximum Gasteiger partial charge on any atom is 0.250 e. The molecule has 0 bridgehead atoms. The standard InChI is InChI=1S/C11H13BrN2O2S3/c1-6-4-9(18-10(6)12)19(15,16)14-8(3)11-13-7(2)5-17-11/h4-5,8,14H,1-3H3. The number of rotatable bonds is 4. The largest absolute Gasteiger partial charge is 0.250 e. The Labute approximate surface area is 129 Å². The van der Waals surface area contributed by atoms with Gasteiger partial charge >= 0.3 is 0 Å². The molecule has 1 atom stereocenters. The van der Waals surface area contributed by atoms with Crippen LogP contribution in [0.1, 0.15) is 29.2 Å². The molecule has 0 fully saturated rings. The minimum atomic E-state index is -3.49. The predicted molar refractivity (Wildman–Crippen MR) is 82.3 cm³/mol. The zero-order valence-corrected chi connectivity index (χ0v) is 14.6. The van der Waals surface area contributed by atoms with E-state index >= 15 is 0 Å². The fourth-order valence-electron chi connectivity index (χ4n) is 1.48. The second kappa shape index (κ2) is 5.61. The molecule has 0 radical (unpaired) electrons. The van der Waals surface area contributed by atoms with Crippen molar-refractivity contribution in [2.24, 2.45) is 0 Å². The molecule has 0 aliphatic heterocycles. The van der Waals surface area contributed by atoms with Gasteiger partial charge < -0.3 is 0 Å². The summed E-state index contributed by atoms with van der Waals surface area (Å²) in [4.78, 5) is 4.30. The zero-order chi connectivity index (χ0) is 14.2. The van der Waals surface area contributed by atoms with Gasteiger partial charge in [0.2, 0.25) is 0 Å². The molecule has 0 aromatic carbocycles. The highest BCUT2D eigenvalue weighted by atomic mass is 79.9. The molecular weight excluding hydrogens is 368 g/mol. The minimum absolute atomic E-state index is 0.317. The van der Waals surface area contributed by atoms with Crippen molar-refractivity contribution in [2.45, 2.75) is 31.0 Å². The van der Waals surface area contributed by atoms with E-state index in [4.69, 9.17) is 0 Å². The van der Waals surface area contributed by atoms with Crippen LogP contribution in [0.15, 0.2) is 19.4 Å². The van der Waals surface area contributed by atoms with Crippen LogP contribution in [-0.4, -0.2) is 13.4 Å². The van der Waals surface area contributed by atoms with Gasteiger partial charge in [-0.05, 0) is 48.3 Å². The molecule has 0 amide bonds. The van der Waals surface area contributed by atoms with E-state index in [9.17, 15) is 8.42 Å². The van der Waals surface area contributed by atoms with Gasteiger partial charge in [-0.15, -0.1) is 22.7 Å². The summed E-state index contributed by atoms with van der Waals surface area (Å²) in [6.07, 6.45) is 0. The Hall–Kier alpha value is -0.280. The second-order valence-corrected chi connectivity index (χ2v) is 9.39. The number of sulfonamides is 1. The van der Waals surface area contributed by atoms with E-state index in [-0.39, 0.29) is 6.04 Å². The molecular formula is C11H13BrN2O2S3. The van der Waals surface area contributed by atoms with Gasteiger partial charge in [-0.2, -0.15) is 0 Å². The van der Waals surface area contributed by atoms with Crippen molar-refractivity contribution in [1.29, 1.82) is 0 Å². The molecule has 1 unspecified atom stereocenters. The van der Waals surface area contributed by atoms with Crippen molar-refractivity contribution in [2.75, 3.05) is 0 Å². The molecule has 1 N–H and O–H groups in total. The van der Waals surface area contributed by atoms with Crippen LogP contribution in [0.2, 0.25) is 0 Å². The Balaban J connectivity index is 2.22. The molecule has 19 heavy (non-hydrogen) atoms. The lowest BCUT2D eigenvalue weighted by Gasteiger charge is -2.10. The number of aryl methyl sites for hydroxylation is 2. The van der Waals surface area contributed by atoms with Gasteiger partial charge in [-0.3, -0.25) is 0 Å². The number of hydrogen-bond donors (Lipinski definition) is 1. The van der Waals surface area contributed by atoms with Gasteiger partial charge in [0.1, 0.15) is 9.22 Å². The molecule has 8 heteroatoms. The van der Waals surface area contributed by atoms with E-state index in [1.165, 1.54) is 22.7 Å². The summed E-state index contributed by atoms with van der Waals surface area (Å²) in [6.45, 7) is 5.56. The molecule has 0 saturated heterocycles. The summed E-state index contributed by atoms with van der Waals surface area (Å²) in [5.74, 6) is 0. The van der Waals surface area contributed by atoms with Gasteiger partial charge in [0.05, 0.1) is 9.83 Å². The van der Waals surface area contributed by atoms with E-state index in [1.54, 1.807) is 13.0 Å². The van der Waals surface area contributed by atoms with Crippen LogP contribution in [0.25, 0.3) is 0 Å². The minimum Gasteiger partial charge on any atom is -0.245 e. The number of hydrogen-bond acceptors (Lipinski definition) is 5. The van der Waals surface area contributed by atoms with Crippen molar-refractivity contribution in [1.82, 2.24) is 9.71 Å². The van der Waals surface area contributed by atoms with Crippen LogP contribution in [0.4, 0.5) is 0 Å². The predicted octanol–water partition coefficient (Wildman–Crippen LogP) is 3.62. The molecule has 2 rings (SSSR count). The van der Waals surface area contributed by atoms with E-state index < -0.39 is 10.0 Å². The van der Waals surface area contributed by atoms with Crippen LogP contribution in [0.5, 0.6) is 0 Å². The Morgan fingerprint density at radius 3 is 2.58 bits per heavy atom. The maximum atomic E-state index is 12.2. The molecule has 0 aliphatic rings. The summed E-state index contributed by atoms with van der Waals surface area (Å²) < 4.78 is 28.3. The summed E-state index contributed by atoms with van der Waals surface area (Å²) in [5, 5.41) is 2.68. The molecule has 0 aliphatic carbocycles. The van der Waals surface area contributed by atoms with Crippen molar-refractivity contribution >= 4 is 48.6 Å². The lowest BCUT2D eigenvalue weighted by atomic mass is 10.4. The van der Waals surface area contributed by atoms with E-state index in [2.05, 4.69) is 25.6 Å². The lowest BCUT2D eigenvalue weighted by molar-refractivity contribution is 0.568. The second-order valence-electron chi connectivity index (χ2n) is 4.19. The van der Waals surface area contributed by atoms with Gasteiger partial charge in [0, 0.05) is 11.1 Å². The normalized spacial score (nSPS) is 13.7. The summed E-state index contributed by atoms with van der Waals surface area (Å²) in [6, 6.07) is 1.33. The Kier molecular flexibility index (Phi) is 4.46. The average molecular weight is 381 g/mol. The van der Waals surface area contributed by atoms with E-state index in [0.717, 1.165) is 20.1 Å². The van der Waals surface area contributed by atoms with Crippen LogP contribution in [-0.2, 0) is 10.0 Å². The zero-order valence-electron chi connectivity index (χ0n) is 10.6. The highest BCUT2D eigenvalue weighted by Gasteiger charge is 2.22. The van der Waals surface area contributed by atoms with Crippen LogP contribution >= 0.6 is 38.6 Å². The fourth-order valence-corrected chi connectivity index (χ4v) is 5.80. The third kappa shape index (κ3) is 3.43. The molecule has 4 nitrogen and oxygen atoms in total. The monoisotopic (exact) mass is 380 g/mol. The smallest absolute Gasteiger partial charge is 0.245 e. The van der Waals surface area contributed by atoms with Crippen molar-refractivity contribution in [3.05, 3.63) is 31.5 Å². The Bertz CT molecular complexity index is 671. The lowest BCUT2D eigenvalue weighted by Crippen LogP contribution is -2.26. The number of halogens is 1. The molecule has 2 heterocycles. The van der Waals surface area contributed by atoms with Gasteiger partial charge in [0.25, 0.3) is 10.0 Å². The Morgan fingerprint density at radius 2 is 2.11 bits per heavy atom. The summed E-state index contributed by atoms with van der Waals surface area (Å²) in [5.41, 5.74) is 1.82. The Morgan fingerprint density at radius 1 is 1.42 bits per heavy atom. The van der Waals surface area contributed by atoms with Crippen LogP contribution in [0.3, 0.4) is 0 Å². The maximum absolute atomic E-state index is 12.2. The topological polar surface area (TPSA) is 59.1 Å². The van der Waals surface area contributed by atoms with Gasteiger partial charge in [-0.25, -0.2) is 18.1 Å². The van der Waals surface area contributed by atoms with Gasteiger partial charge in [0.15, 0.2) is 0 Å². The molecule has 0 saturated carbocycles. The third-order valence-electron chi connectivity index (χ3n) is 2.44. The third-order valence-corrected chi connectivity index (χ3v) is 7.73. The first-order chi connectivity index (χ1) is 8.79. The first-order valence-corrected chi connectivity index (χ1v) is 9.47. The number of nitrogens with one attached hydrogen (secondary N) is 1. The molecule has 0 spiro atoms. The van der Waals surface area contributed by atoms with Gasteiger partial charge in [-0.1, -0.05) is 0 Å². The van der Waals surface area contributed by atoms with Crippen LogP contribution < -0.4 is 4.72 Å². The van der Waals surface area contributed by atoms with Crippen molar-refractivity contribution in [3.63, 3.8) is 0 Å². The van der Waals surface area contributed by atoms with E-state index in [1.807, 2.05) is 19.2 Å². The summed E-state index contributed by atoms with van der Waals surface area (Å²) >= 11 is 6.01. The van der Waals surface area contributed by atoms with Crippen LogP contribution in [0, 0.1) is 13.8 Å². The number of thiazole rings is 1.